The molecule has 0 N–H and O–H groups in total. The van der Waals surface area contributed by atoms with E-state index in [0.29, 0.717) is 17.0 Å². The van der Waals surface area contributed by atoms with Gasteiger partial charge in [-0.25, -0.2) is 0 Å². The van der Waals surface area contributed by atoms with Crippen LogP contribution in [0.15, 0.2) is 36.4 Å². The molecule has 1 aromatic carbocycles. The third-order valence-corrected chi connectivity index (χ3v) is 3.48. The van der Waals surface area contributed by atoms with Crippen LogP contribution >= 0.6 is 0 Å². The topological polar surface area (TPSA) is 55.0 Å². The van der Waals surface area contributed by atoms with E-state index in [1.807, 2.05) is 14.0 Å². The Hall–Kier alpha value is -2.80. The van der Waals surface area contributed by atoms with Crippen LogP contribution in [-0.4, -0.2) is 17.5 Å². The number of nitrogens with zero attached hydrogens (tertiary/aromatic N) is 2. The first-order chi connectivity index (χ1) is 10.1. The van der Waals surface area contributed by atoms with Crippen molar-refractivity contribution in [2.45, 2.75) is 6.92 Å². The van der Waals surface area contributed by atoms with E-state index in [1.165, 1.54) is 6.08 Å². The smallest absolute Gasteiger partial charge is 0.185 e. The van der Waals surface area contributed by atoms with Gasteiger partial charge in [-0.3, -0.25) is 4.79 Å². The van der Waals surface area contributed by atoms with Gasteiger partial charge in [0.1, 0.15) is 17.5 Å². The number of methoxy groups -OCH3 is 1. The second-order valence-electron chi connectivity index (χ2n) is 4.67. The van der Waals surface area contributed by atoms with E-state index in [9.17, 15) is 4.79 Å². The summed E-state index contributed by atoms with van der Waals surface area (Å²) in [5, 5.41) is 8.99. The number of carbonyl (C=O) groups is 1. The molecule has 4 heteroatoms. The first-order valence-electron chi connectivity index (χ1n) is 6.49. The molecule has 0 saturated heterocycles. The van der Waals surface area contributed by atoms with Gasteiger partial charge in [-0.1, -0.05) is 0 Å². The van der Waals surface area contributed by atoms with Crippen LogP contribution in [0.5, 0.6) is 5.75 Å². The monoisotopic (exact) mass is 280 g/mol. The van der Waals surface area contributed by atoms with Crippen molar-refractivity contribution in [3.8, 4) is 11.8 Å². The Bertz CT molecular complexity index is 731. The van der Waals surface area contributed by atoms with E-state index >= 15 is 0 Å². The molecule has 0 aliphatic carbocycles. The average molecular weight is 280 g/mol. The Morgan fingerprint density at radius 1 is 1.33 bits per heavy atom. The highest BCUT2D eigenvalue weighted by Gasteiger charge is 2.07. The SMILES string of the molecule is COc1ccc(C(=O)/C=C/c2cc(C#N)n(C)c2C)cc1. The largest absolute Gasteiger partial charge is 0.497 e. The van der Waals surface area contributed by atoms with Gasteiger partial charge in [0.15, 0.2) is 5.78 Å². The molecule has 0 saturated carbocycles. The maximum absolute atomic E-state index is 12.1. The fourth-order valence-electron chi connectivity index (χ4n) is 2.02. The van der Waals surface area contributed by atoms with E-state index in [0.717, 1.165) is 11.3 Å². The number of aromatic nitrogens is 1. The number of nitriles is 1. The molecule has 0 spiro atoms. The fraction of sp³-hybridized carbons (Fsp3) is 0.176. The Morgan fingerprint density at radius 3 is 2.52 bits per heavy atom. The minimum atomic E-state index is -0.0839. The van der Waals surface area contributed by atoms with Gasteiger partial charge in [-0.05, 0) is 55.0 Å². The van der Waals surface area contributed by atoms with Crippen LogP contribution < -0.4 is 4.74 Å². The molecule has 1 aromatic heterocycles. The van der Waals surface area contributed by atoms with Crippen LogP contribution in [0.1, 0.15) is 27.3 Å². The third-order valence-electron chi connectivity index (χ3n) is 3.48. The van der Waals surface area contributed by atoms with Gasteiger partial charge >= 0.3 is 0 Å². The molecule has 0 aliphatic heterocycles. The molecule has 21 heavy (non-hydrogen) atoms. The zero-order valence-electron chi connectivity index (χ0n) is 12.3. The first-order valence-corrected chi connectivity index (χ1v) is 6.49. The summed E-state index contributed by atoms with van der Waals surface area (Å²) in [7, 11) is 3.41. The Balaban J connectivity index is 2.20. The highest BCUT2D eigenvalue weighted by Crippen LogP contribution is 2.16. The molecule has 0 bridgehead atoms. The van der Waals surface area contributed by atoms with Crippen molar-refractivity contribution in [1.29, 1.82) is 5.26 Å². The number of rotatable bonds is 4. The molecule has 106 valence electrons. The molecule has 0 radical (unpaired) electrons. The fourth-order valence-corrected chi connectivity index (χ4v) is 2.02. The lowest BCUT2D eigenvalue weighted by atomic mass is 10.1. The standard InChI is InChI=1S/C17H16N2O2/c1-12-14(10-15(11-18)19(12)2)6-9-17(20)13-4-7-16(21-3)8-5-13/h4-10H,1-3H3/b9-6+. The van der Waals surface area contributed by atoms with Crippen molar-refractivity contribution in [2.75, 3.05) is 7.11 Å². The van der Waals surface area contributed by atoms with Gasteiger partial charge in [-0.15, -0.1) is 0 Å². The summed E-state index contributed by atoms with van der Waals surface area (Å²) in [5.41, 5.74) is 2.99. The van der Waals surface area contributed by atoms with Gasteiger partial charge in [-0.2, -0.15) is 5.26 Å². The zero-order chi connectivity index (χ0) is 15.4. The van der Waals surface area contributed by atoms with Gasteiger partial charge in [0.25, 0.3) is 0 Å². The maximum atomic E-state index is 12.1. The third kappa shape index (κ3) is 3.03. The zero-order valence-corrected chi connectivity index (χ0v) is 12.3. The Kier molecular flexibility index (Phi) is 4.24. The van der Waals surface area contributed by atoms with Crippen LogP contribution in [-0.2, 0) is 7.05 Å². The molecule has 2 rings (SSSR count). The van der Waals surface area contributed by atoms with Crippen molar-refractivity contribution >= 4 is 11.9 Å². The molecule has 1 heterocycles. The Morgan fingerprint density at radius 2 is 2.00 bits per heavy atom. The number of allylic oxidation sites excluding steroid dienone is 1. The summed E-state index contributed by atoms with van der Waals surface area (Å²) < 4.78 is 6.86. The summed E-state index contributed by atoms with van der Waals surface area (Å²) >= 11 is 0. The molecular weight excluding hydrogens is 264 g/mol. The molecule has 2 aromatic rings. The minimum Gasteiger partial charge on any atom is -0.497 e. The first kappa shape index (κ1) is 14.6. The van der Waals surface area contributed by atoms with Crippen LogP contribution in [0.3, 0.4) is 0 Å². The van der Waals surface area contributed by atoms with Crippen molar-refractivity contribution < 1.29 is 9.53 Å². The van der Waals surface area contributed by atoms with Crippen molar-refractivity contribution in [3.63, 3.8) is 0 Å². The van der Waals surface area contributed by atoms with Gasteiger partial charge in [0.05, 0.1) is 7.11 Å². The molecule has 0 atom stereocenters. The normalized spacial score (nSPS) is 10.6. The lowest BCUT2D eigenvalue weighted by molar-refractivity contribution is 0.104. The Labute approximate surface area is 123 Å². The summed E-state index contributed by atoms with van der Waals surface area (Å²) in [6, 6.07) is 10.8. The molecule has 0 unspecified atom stereocenters. The van der Waals surface area contributed by atoms with Crippen molar-refractivity contribution in [3.05, 3.63) is 58.9 Å². The van der Waals surface area contributed by atoms with Crippen LogP contribution in [0.25, 0.3) is 6.08 Å². The minimum absolute atomic E-state index is 0.0839. The predicted octanol–water partition coefficient (Wildman–Crippen LogP) is 3.11. The van der Waals surface area contributed by atoms with E-state index in [2.05, 4.69) is 6.07 Å². The lowest BCUT2D eigenvalue weighted by Crippen LogP contribution is -1.95. The molecule has 0 aliphatic rings. The number of ketones is 1. The number of carbonyl (C=O) groups excluding carboxylic acids is 1. The summed E-state index contributed by atoms with van der Waals surface area (Å²) in [6.45, 7) is 1.92. The van der Waals surface area contributed by atoms with E-state index < -0.39 is 0 Å². The number of hydrogen-bond acceptors (Lipinski definition) is 3. The molecule has 0 fully saturated rings. The van der Waals surface area contributed by atoms with E-state index in [1.54, 1.807) is 48.1 Å². The van der Waals surface area contributed by atoms with Gasteiger partial charge in [0.2, 0.25) is 0 Å². The van der Waals surface area contributed by atoms with Crippen LogP contribution in [0.2, 0.25) is 0 Å². The summed E-state index contributed by atoms with van der Waals surface area (Å²) in [6.07, 6.45) is 3.26. The maximum Gasteiger partial charge on any atom is 0.185 e. The highest BCUT2D eigenvalue weighted by molar-refractivity contribution is 6.06. The van der Waals surface area contributed by atoms with Crippen molar-refractivity contribution in [1.82, 2.24) is 4.57 Å². The highest BCUT2D eigenvalue weighted by atomic mass is 16.5. The predicted molar refractivity (Wildman–Crippen MR) is 81.2 cm³/mol. The molecule has 4 nitrogen and oxygen atoms in total. The van der Waals surface area contributed by atoms with E-state index in [4.69, 9.17) is 10.00 Å². The number of benzene rings is 1. The number of ether oxygens (including phenoxy) is 1. The average Bonchev–Trinajstić information content (AvgIpc) is 2.80. The lowest BCUT2D eigenvalue weighted by Gasteiger charge is -2.00. The van der Waals surface area contributed by atoms with E-state index in [-0.39, 0.29) is 5.78 Å². The summed E-state index contributed by atoms with van der Waals surface area (Å²) in [5.74, 6) is 0.632. The molecule has 0 amide bonds. The number of hydrogen-bond donors (Lipinski definition) is 0. The van der Waals surface area contributed by atoms with Crippen LogP contribution in [0.4, 0.5) is 0 Å². The summed E-state index contributed by atoms with van der Waals surface area (Å²) in [4.78, 5) is 12.1. The van der Waals surface area contributed by atoms with Gasteiger partial charge in [0, 0.05) is 18.3 Å². The second kappa shape index (κ2) is 6.10. The van der Waals surface area contributed by atoms with Crippen LogP contribution in [0, 0.1) is 18.3 Å². The van der Waals surface area contributed by atoms with Gasteiger partial charge < -0.3 is 9.30 Å². The second-order valence-corrected chi connectivity index (χ2v) is 4.67. The quantitative estimate of drug-likeness (QED) is 0.638. The van der Waals surface area contributed by atoms with Crippen molar-refractivity contribution in [2.24, 2.45) is 7.05 Å². The molecular formula is C17H16N2O2.